The molecule has 0 aliphatic rings. The maximum absolute atomic E-state index is 12.3. The molecule has 0 bridgehead atoms. The van der Waals surface area contributed by atoms with Crippen LogP contribution < -0.4 is 20.1 Å². The van der Waals surface area contributed by atoms with Gasteiger partial charge in [0.15, 0.2) is 12.3 Å². The quantitative estimate of drug-likeness (QED) is 0.461. The summed E-state index contributed by atoms with van der Waals surface area (Å²) in [7, 11) is 0. The van der Waals surface area contributed by atoms with Crippen LogP contribution >= 0.6 is 0 Å². The number of nitrogens with zero attached hydrogens (tertiary/aromatic N) is 1. The first-order valence-electron chi connectivity index (χ1n) is 10.2. The predicted molar refractivity (Wildman–Crippen MR) is 114 cm³/mol. The van der Waals surface area contributed by atoms with Gasteiger partial charge in [-0.25, -0.2) is 4.98 Å². The van der Waals surface area contributed by atoms with Crippen molar-refractivity contribution in [2.75, 3.05) is 13.2 Å². The summed E-state index contributed by atoms with van der Waals surface area (Å²) in [6.45, 7) is 1.95. The minimum absolute atomic E-state index is 0.0751. The zero-order chi connectivity index (χ0) is 24.6. The van der Waals surface area contributed by atoms with Crippen molar-refractivity contribution in [3.05, 3.63) is 78.0 Å². The third-order valence-electron chi connectivity index (χ3n) is 4.59. The maximum Gasteiger partial charge on any atom is 0.573 e. The molecule has 0 fully saturated rings. The maximum atomic E-state index is 12.3. The summed E-state index contributed by atoms with van der Waals surface area (Å²) in [4.78, 5) is 28.3. The Bertz CT molecular complexity index is 1090. The molecule has 3 rings (SSSR count). The van der Waals surface area contributed by atoms with Crippen molar-refractivity contribution >= 4 is 11.8 Å². The molecule has 2 aromatic carbocycles. The van der Waals surface area contributed by atoms with Crippen LogP contribution in [0.2, 0.25) is 0 Å². The van der Waals surface area contributed by atoms with Crippen molar-refractivity contribution in [3.8, 4) is 11.5 Å². The van der Waals surface area contributed by atoms with Gasteiger partial charge in [0, 0.05) is 6.54 Å². The number of hydrogen-bond donors (Lipinski definition) is 2. The summed E-state index contributed by atoms with van der Waals surface area (Å²) < 4.78 is 50.7. The molecule has 0 aliphatic carbocycles. The van der Waals surface area contributed by atoms with E-state index in [9.17, 15) is 22.8 Å². The third kappa shape index (κ3) is 7.84. The Balaban J connectivity index is 1.39. The molecule has 3 aromatic rings. The number of amides is 2. The molecular weight excluding hydrogens is 455 g/mol. The number of nitrogens with one attached hydrogen (secondary N) is 2. The third-order valence-corrected chi connectivity index (χ3v) is 4.59. The van der Waals surface area contributed by atoms with E-state index in [1.54, 1.807) is 0 Å². The number of ether oxygens (including phenoxy) is 2. The highest BCUT2D eigenvalue weighted by Gasteiger charge is 2.31. The first kappa shape index (κ1) is 24.6. The van der Waals surface area contributed by atoms with Crippen molar-refractivity contribution in [1.82, 2.24) is 15.6 Å². The number of benzene rings is 2. The standard InChI is InChI=1S/C23H22F3N3O5/c1-15(16-5-3-2-4-6-16)11-28-22(31)19-13-33-21(29-19)12-27-20(30)14-32-17-7-9-18(10-8-17)34-23(24,25)26/h2-10,13,15H,11-12,14H2,1H3,(H,27,30)(H,28,31). The van der Waals surface area contributed by atoms with Gasteiger partial charge in [0.2, 0.25) is 5.89 Å². The van der Waals surface area contributed by atoms with E-state index in [1.165, 1.54) is 18.4 Å². The number of halogens is 3. The molecule has 34 heavy (non-hydrogen) atoms. The van der Waals surface area contributed by atoms with Crippen LogP contribution in [-0.2, 0) is 11.3 Å². The van der Waals surface area contributed by atoms with Crippen molar-refractivity contribution in [1.29, 1.82) is 0 Å². The minimum Gasteiger partial charge on any atom is -0.484 e. The topological polar surface area (TPSA) is 103 Å². The van der Waals surface area contributed by atoms with Crippen molar-refractivity contribution in [3.63, 3.8) is 0 Å². The lowest BCUT2D eigenvalue weighted by atomic mass is 10.0. The van der Waals surface area contributed by atoms with Gasteiger partial charge >= 0.3 is 6.36 Å². The fourth-order valence-electron chi connectivity index (χ4n) is 2.84. The molecule has 0 aliphatic heterocycles. The summed E-state index contributed by atoms with van der Waals surface area (Å²) in [5.41, 5.74) is 1.18. The van der Waals surface area contributed by atoms with Gasteiger partial charge in [0.05, 0.1) is 6.54 Å². The van der Waals surface area contributed by atoms with E-state index in [-0.39, 0.29) is 36.4 Å². The predicted octanol–water partition coefficient (Wildman–Crippen LogP) is 3.80. The highest BCUT2D eigenvalue weighted by Crippen LogP contribution is 2.24. The van der Waals surface area contributed by atoms with Crippen LogP contribution in [-0.4, -0.2) is 36.3 Å². The van der Waals surface area contributed by atoms with E-state index in [0.717, 1.165) is 17.7 Å². The van der Waals surface area contributed by atoms with Crippen molar-refractivity contribution < 1.29 is 36.7 Å². The number of oxazole rings is 1. The van der Waals surface area contributed by atoms with Crippen LogP contribution in [0.4, 0.5) is 13.2 Å². The zero-order valence-corrected chi connectivity index (χ0v) is 18.1. The van der Waals surface area contributed by atoms with Gasteiger partial charge in [-0.15, -0.1) is 13.2 Å². The van der Waals surface area contributed by atoms with Crippen LogP contribution in [0.1, 0.15) is 34.8 Å². The molecule has 8 nitrogen and oxygen atoms in total. The van der Waals surface area contributed by atoms with E-state index >= 15 is 0 Å². The molecule has 2 N–H and O–H groups in total. The summed E-state index contributed by atoms with van der Waals surface area (Å²) in [5, 5.41) is 5.30. The Morgan fingerprint density at radius 1 is 1.03 bits per heavy atom. The molecule has 2 amide bonds. The first-order valence-corrected chi connectivity index (χ1v) is 10.2. The van der Waals surface area contributed by atoms with Crippen LogP contribution in [0.25, 0.3) is 0 Å². The molecule has 1 unspecified atom stereocenters. The van der Waals surface area contributed by atoms with E-state index < -0.39 is 23.9 Å². The number of carbonyl (C=O) groups excluding carboxylic acids is 2. The Morgan fingerprint density at radius 3 is 2.38 bits per heavy atom. The van der Waals surface area contributed by atoms with Crippen LogP contribution in [0.3, 0.4) is 0 Å². The SMILES string of the molecule is CC(CNC(=O)c1coc(CNC(=O)COc2ccc(OC(F)(F)F)cc2)n1)c1ccccc1. The lowest BCUT2D eigenvalue weighted by Gasteiger charge is -2.12. The largest absolute Gasteiger partial charge is 0.573 e. The fraction of sp³-hybridized carbons (Fsp3) is 0.261. The van der Waals surface area contributed by atoms with Gasteiger partial charge in [0.25, 0.3) is 11.8 Å². The fourth-order valence-corrected chi connectivity index (χ4v) is 2.84. The minimum atomic E-state index is -4.79. The molecule has 0 spiro atoms. The average molecular weight is 477 g/mol. The van der Waals surface area contributed by atoms with Gasteiger partial charge in [-0.05, 0) is 35.7 Å². The normalized spacial score (nSPS) is 12.0. The highest BCUT2D eigenvalue weighted by molar-refractivity contribution is 5.91. The van der Waals surface area contributed by atoms with Crippen LogP contribution in [0, 0.1) is 0 Å². The van der Waals surface area contributed by atoms with Gasteiger partial charge in [-0.2, -0.15) is 0 Å². The Labute approximate surface area is 193 Å². The Hall–Kier alpha value is -4.02. The molecule has 1 aromatic heterocycles. The number of aromatic nitrogens is 1. The number of rotatable bonds is 10. The van der Waals surface area contributed by atoms with Gasteiger partial charge in [-0.1, -0.05) is 37.3 Å². The molecule has 1 heterocycles. The first-order chi connectivity index (χ1) is 16.2. The van der Waals surface area contributed by atoms with E-state index in [4.69, 9.17) is 9.15 Å². The summed E-state index contributed by atoms with van der Waals surface area (Å²) in [6.07, 6.45) is -3.59. The van der Waals surface area contributed by atoms with E-state index in [1.807, 2.05) is 37.3 Å². The van der Waals surface area contributed by atoms with E-state index in [2.05, 4.69) is 20.4 Å². The summed E-state index contributed by atoms with van der Waals surface area (Å²) >= 11 is 0. The second-order valence-corrected chi connectivity index (χ2v) is 7.23. The molecule has 11 heteroatoms. The summed E-state index contributed by atoms with van der Waals surface area (Å²) in [5.74, 6) is -0.888. The zero-order valence-electron chi connectivity index (χ0n) is 18.1. The van der Waals surface area contributed by atoms with Gasteiger partial charge in [-0.3, -0.25) is 9.59 Å². The smallest absolute Gasteiger partial charge is 0.484 e. The van der Waals surface area contributed by atoms with E-state index in [0.29, 0.717) is 6.54 Å². The number of carbonyl (C=O) groups is 2. The molecule has 0 radical (unpaired) electrons. The molecule has 0 saturated heterocycles. The second kappa shape index (κ2) is 11.2. The lowest BCUT2D eigenvalue weighted by Crippen LogP contribution is -2.29. The van der Waals surface area contributed by atoms with Crippen molar-refractivity contribution in [2.45, 2.75) is 25.7 Å². The molecular formula is C23H22F3N3O5. The highest BCUT2D eigenvalue weighted by atomic mass is 19.4. The van der Waals surface area contributed by atoms with Gasteiger partial charge < -0.3 is 24.5 Å². The number of alkyl halides is 3. The number of hydrogen-bond acceptors (Lipinski definition) is 6. The Kier molecular flexibility index (Phi) is 8.12. The summed E-state index contributed by atoms with van der Waals surface area (Å²) in [6, 6.07) is 14.4. The van der Waals surface area contributed by atoms with Crippen LogP contribution in [0.5, 0.6) is 11.5 Å². The molecule has 180 valence electrons. The van der Waals surface area contributed by atoms with Crippen LogP contribution in [0.15, 0.2) is 65.3 Å². The lowest BCUT2D eigenvalue weighted by molar-refractivity contribution is -0.274. The Morgan fingerprint density at radius 2 is 1.71 bits per heavy atom. The molecule has 1 atom stereocenters. The molecule has 0 saturated carbocycles. The monoisotopic (exact) mass is 477 g/mol. The van der Waals surface area contributed by atoms with Crippen molar-refractivity contribution in [2.24, 2.45) is 0 Å². The van der Waals surface area contributed by atoms with Gasteiger partial charge in [0.1, 0.15) is 17.8 Å². The second-order valence-electron chi connectivity index (χ2n) is 7.23. The average Bonchev–Trinajstić information content (AvgIpc) is 3.29.